The number of hydrogen-bond donors (Lipinski definition) is 1. The molecule has 0 amide bonds. The van der Waals surface area contributed by atoms with Gasteiger partial charge >= 0.3 is 5.97 Å². The Morgan fingerprint density at radius 3 is 2.63 bits per heavy atom. The molecule has 1 aromatic rings. The van der Waals surface area contributed by atoms with Gasteiger partial charge in [0.15, 0.2) is 0 Å². The maximum absolute atomic E-state index is 11.2. The maximum atomic E-state index is 11.2. The lowest BCUT2D eigenvalue weighted by molar-refractivity contribution is 0.0534. The molecule has 0 saturated carbocycles. The smallest absolute Gasteiger partial charge is 0.340 e. The van der Waals surface area contributed by atoms with Crippen LogP contribution in [0.3, 0.4) is 0 Å². The van der Waals surface area contributed by atoms with Crippen molar-refractivity contribution in [2.45, 2.75) is 4.90 Å². The number of rotatable bonds is 9. The fraction of sp³-hybridized carbons (Fsp3) is 0.462. The van der Waals surface area contributed by atoms with Crippen molar-refractivity contribution in [1.82, 2.24) is 0 Å². The van der Waals surface area contributed by atoms with E-state index in [4.69, 9.17) is 14.2 Å². The van der Waals surface area contributed by atoms with Crippen molar-refractivity contribution in [2.75, 3.05) is 39.8 Å². The normalized spacial score (nSPS) is 10.4. The predicted octanol–water partition coefficient (Wildman–Crippen LogP) is 2.15. The number of benzene rings is 1. The summed E-state index contributed by atoms with van der Waals surface area (Å²) in [5.41, 5.74) is 0.201. The van der Waals surface area contributed by atoms with E-state index in [0.717, 1.165) is 0 Å². The van der Waals surface area contributed by atoms with Crippen molar-refractivity contribution in [2.24, 2.45) is 0 Å². The highest BCUT2D eigenvalue weighted by Crippen LogP contribution is 2.28. The van der Waals surface area contributed by atoms with Crippen molar-refractivity contribution in [3.05, 3.63) is 23.8 Å². The molecule has 0 radical (unpaired) electrons. The Morgan fingerprint density at radius 2 is 2.00 bits per heavy atom. The highest BCUT2D eigenvalue weighted by atomic mass is 32.2. The lowest BCUT2D eigenvalue weighted by Gasteiger charge is -2.11. The molecule has 5 nitrogen and oxygen atoms in total. The molecule has 0 bridgehead atoms. The highest BCUT2D eigenvalue weighted by molar-refractivity contribution is 7.98. The molecule has 0 fully saturated rings. The predicted molar refractivity (Wildman–Crippen MR) is 73.4 cm³/mol. The first-order valence-corrected chi connectivity index (χ1v) is 7.03. The van der Waals surface area contributed by atoms with E-state index in [1.165, 1.54) is 11.8 Å². The van der Waals surface area contributed by atoms with Crippen molar-refractivity contribution in [3.8, 4) is 5.75 Å². The second-order valence-electron chi connectivity index (χ2n) is 3.59. The Bertz CT molecular complexity index is 408. The van der Waals surface area contributed by atoms with Gasteiger partial charge in [-0.05, 0) is 18.4 Å². The van der Waals surface area contributed by atoms with E-state index in [-0.39, 0.29) is 5.56 Å². The fourth-order valence-corrected chi connectivity index (χ4v) is 2.07. The van der Waals surface area contributed by atoms with Gasteiger partial charge in [-0.3, -0.25) is 0 Å². The number of thioether (sulfide) groups is 1. The van der Waals surface area contributed by atoms with Crippen molar-refractivity contribution in [1.29, 1.82) is 0 Å². The third-order valence-corrected chi connectivity index (χ3v) is 3.12. The van der Waals surface area contributed by atoms with Crippen LogP contribution < -0.4 is 4.74 Å². The molecule has 0 aliphatic carbocycles. The first kappa shape index (κ1) is 15.8. The summed E-state index contributed by atoms with van der Waals surface area (Å²) in [6, 6.07) is 5.19. The number of ether oxygens (including phenoxy) is 3. The number of aromatic carboxylic acids is 1. The molecule has 0 aliphatic rings. The quantitative estimate of drug-likeness (QED) is 0.554. The molecule has 6 heteroatoms. The fourth-order valence-electron chi connectivity index (χ4n) is 1.47. The van der Waals surface area contributed by atoms with Gasteiger partial charge < -0.3 is 19.3 Å². The monoisotopic (exact) mass is 286 g/mol. The molecule has 0 aromatic heterocycles. The second kappa shape index (κ2) is 8.79. The lowest BCUT2D eigenvalue weighted by Crippen LogP contribution is -2.12. The van der Waals surface area contributed by atoms with E-state index < -0.39 is 5.97 Å². The number of carboxylic acids is 1. The van der Waals surface area contributed by atoms with Crippen molar-refractivity contribution < 1.29 is 24.1 Å². The number of carbonyl (C=O) groups is 1. The van der Waals surface area contributed by atoms with Crippen LogP contribution in [0.4, 0.5) is 0 Å². The molecule has 0 unspecified atom stereocenters. The Hall–Kier alpha value is -1.24. The van der Waals surface area contributed by atoms with Gasteiger partial charge in [0.2, 0.25) is 0 Å². The number of methoxy groups -OCH3 is 1. The summed E-state index contributed by atoms with van der Waals surface area (Å²) in [6.07, 6.45) is 1.83. The molecular formula is C13H18O5S. The second-order valence-corrected chi connectivity index (χ2v) is 4.44. The molecule has 1 N–H and O–H groups in total. The molecule has 1 rings (SSSR count). The van der Waals surface area contributed by atoms with Crippen LogP contribution in [0, 0.1) is 0 Å². The first-order chi connectivity index (χ1) is 9.20. The largest absolute Gasteiger partial charge is 0.490 e. The minimum Gasteiger partial charge on any atom is -0.490 e. The zero-order valence-corrected chi connectivity index (χ0v) is 11.9. The van der Waals surface area contributed by atoms with E-state index in [1.54, 1.807) is 25.3 Å². The van der Waals surface area contributed by atoms with E-state index in [2.05, 4.69) is 0 Å². The summed E-state index contributed by atoms with van der Waals surface area (Å²) < 4.78 is 15.6. The van der Waals surface area contributed by atoms with E-state index in [0.29, 0.717) is 37.1 Å². The lowest BCUT2D eigenvalue weighted by atomic mass is 10.2. The molecule has 0 saturated heterocycles. The first-order valence-electron chi connectivity index (χ1n) is 5.80. The molecule has 0 atom stereocenters. The summed E-state index contributed by atoms with van der Waals surface area (Å²) >= 11 is 1.38. The molecule has 1 aromatic carbocycles. The van der Waals surface area contributed by atoms with Gasteiger partial charge in [-0.15, -0.1) is 11.8 Å². The van der Waals surface area contributed by atoms with Gasteiger partial charge in [0.1, 0.15) is 17.9 Å². The third kappa shape index (κ3) is 5.10. The number of hydrogen-bond acceptors (Lipinski definition) is 5. The van der Waals surface area contributed by atoms with Gasteiger partial charge in [0.05, 0.1) is 19.8 Å². The van der Waals surface area contributed by atoms with Crippen LogP contribution >= 0.6 is 11.8 Å². The minimum absolute atomic E-state index is 0.201. The Balaban J connectivity index is 2.55. The SMILES string of the molecule is COCCOCCOc1cccc(SC)c1C(=O)O. The Labute approximate surface area is 116 Å². The summed E-state index contributed by atoms with van der Waals surface area (Å²) in [4.78, 5) is 11.9. The van der Waals surface area contributed by atoms with Gasteiger partial charge in [-0.25, -0.2) is 4.79 Å². The standard InChI is InChI=1S/C13H18O5S/c1-16-6-7-17-8-9-18-10-4-3-5-11(19-2)12(10)13(14)15/h3-5H,6-9H2,1-2H3,(H,14,15). The van der Waals surface area contributed by atoms with Crippen LogP contribution in [0.5, 0.6) is 5.75 Å². The van der Waals surface area contributed by atoms with Crippen LogP contribution in [0.1, 0.15) is 10.4 Å². The Morgan fingerprint density at radius 1 is 1.26 bits per heavy atom. The molecule has 19 heavy (non-hydrogen) atoms. The van der Waals surface area contributed by atoms with Crippen LogP contribution in [0.15, 0.2) is 23.1 Å². The van der Waals surface area contributed by atoms with E-state index in [9.17, 15) is 9.90 Å². The zero-order chi connectivity index (χ0) is 14.1. The summed E-state index contributed by atoms with van der Waals surface area (Å²) in [5.74, 6) is -0.616. The maximum Gasteiger partial charge on any atom is 0.340 e. The van der Waals surface area contributed by atoms with Gasteiger partial charge in [-0.1, -0.05) is 6.07 Å². The van der Waals surface area contributed by atoms with Crippen LogP contribution in [0.25, 0.3) is 0 Å². The van der Waals surface area contributed by atoms with Gasteiger partial charge in [-0.2, -0.15) is 0 Å². The highest BCUT2D eigenvalue weighted by Gasteiger charge is 2.15. The van der Waals surface area contributed by atoms with Crippen LogP contribution in [0.2, 0.25) is 0 Å². The average Bonchev–Trinajstić information content (AvgIpc) is 2.42. The summed E-state index contributed by atoms with van der Waals surface area (Å²) in [5, 5.41) is 9.21. The third-order valence-electron chi connectivity index (χ3n) is 2.34. The van der Waals surface area contributed by atoms with Crippen LogP contribution in [-0.4, -0.2) is 50.9 Å². The van der Waals surface area contributed by atoms with Crippen molar-refractivity contribution in [3.63, 3.8) is 0 Å². The Kier molecular flexibility index (Phi) is 7.32. The van der Waals surface area contributed by atoms with Crippen molar-refractivity contribution >= 4 is 17.7 Å². The number of carboxylic acid groups (broad SMARTS) is 1. The molecule has 0 heterocycles. The molecular weight excluding hydrogens is 268 g/mol. The summed E-state index contributed by atoms with van der Waals surface area (Å²) in [6.45, 7) is 1.73. The van der Waals surface area contributed by atoms with E-state index >= 15 is 0 Å². The topological polar surface area (TPSA) is 65.0 Å². The summed E-state index contributed by atoms with van der Waals surface area (Å²) in [7, 11) is 1.60. The zero-order valence-electron chi connectivity index (χ0n) is 11.0. The molecule has 0 aliphatic heterocycles. The minimum atomic E-state index is -0.986. The van der Waals surface area contributed by atoms with Gasteiger partial charge in [0, 0.05) is 12.0 Å². The molecule has 0 spiro atoms. The van der Waals surface area contributed by atoms with Crippen LogP contribution in [-0.2, 0) is 9.47 Å². The van der Waals surface area contributed by atoms with Gasteiger partial charge in [0.25, 0.3) is 0 Å². The average molecular weight is 286 g/mol. The molecule has 106 valence electrons. The van der Waals surface area contributed by atoms with E-state index in [1.807, 2.05) is 6.26 Å².